The summed E-state index contributed by atoms with van der Waals surface area (Å²) in [5, 5.41) is 24.1. The van der Waals surface area contributed by atoms with E-state index in [0.29, 0.717) is 23.7 Å². The summed E-state index contributed by atoms with van der Waals surface area (Å²) in [4.78, 5) is 56.1. The number of hydrogen-bond donors (Lipinski definition) is 6. The van der Waals surface area contributed by atoms with Crippen LogP contribution in [0.2, 0.25) is 0 Å². The summed E-state index contributed by atoms with van der Waals surface area (Å²) in [5.74, 6) is 12.6. The number of pyridine rings is 1. The first-order valence-corrected chi connectivity index (χ1v) is 46.4. The summed E-state index contributed by atoms with van der Waals surface area (Å²) < 4.78 is 27.0. The molecule has 0 spiro atoms. The van der Waals surface area contributed by atoms with E-state index >= 15 is 0 Å². The number of hydrogen-bond acceptors (Lipinski definition) is 19. The van der Waals surface area contributed by atoms with Gasteiger partial charge in [0.25, 0.3) is 0 Å². The molecule has 5 aliphatic carbocycles. The minimum absolute atomic E-state index is 0.577. The van der Waals surface area contributed by atoms with Gasteiger partial charge in [0.1, 0.15) is 52.1 Å². The minimum atomic E-state index is 0.577. The highest BCUT2D eigenvalue weighted by Crippen LogP contribution is 2.49. The van der Waals surface area contributed by atoms with Crippen LogP contribution in [0.1, 0.15) is 224 Å². The average Bonchev–Trinajstić information content (AvgIpc) is 1.61. The lowest BCUT2D eigenvalue weighted by atomic mass is 9.93. The van der Waals surface area contributed by atoms with Crippen LogP contribution in [0.25, 0.3) is 155 Å². The number of nitrogens with one attached hydrogen (secondary N) is 6. The van der Waals surface area contributed by atoms with Crippen LogP contribution in [-0.4, -0.2) is 112 Å². The number of imidazole rings is 5. The number of aliphatic imine (C=N–C) groups is 2. The molecule has 0 atom stereocenters. The Morgan fingerprint density at radius 2 is 0.606 bits per heavy atom. The zero-order valence-corrected chi connectivity index (χ0v) is 78.1. The number of aromatic nitrogens is 16. The third kappa shape index (κ3) is 16.3. The highest BCUT2D eigenvalue weighted by molar-refractivity contribution is 6.28. The fourth-order valence-corrected chi connectivity index (χ4v) is 19.5. The standard InChI is InChI=1S/C22H25N5O.2C22H21N3O.C21H22N4O.C21H20N4O/c1-11-9-23-12(2)19(11)17-7-16(20-13(3)27-28-14(20)4)8-18-21(17)26-22(25-18)24-10-15-5-6-15;2*1-12-6-4-5-7-17(12)18-10-16(20-13(2)25-26-14(20)3)11-19-21(18)24-22(23-19)15-8-9-15;1-10-9-22-11(2)18(10)16-7-15(19-12(3)25-26-13(19)4)8-17-20(16)24-21(23-17)14-5-6-14;1-11-6-7-22-10-17(11)16-8-15(19-12(2)25-26-13(19)3)9-18-20(16)24-21(23-18)14-4-5-14/h7-8,15H,5-6,9-10H2,1-4H3,(H2,24,25,26);2*4-7,10-11,15H,8-9H2,1-3H3,(H,23,24);7-8,14H,5-6,9H2,1-4H3,(H,23,24);6-10,14H,4-5H2,1-3H3,(H,23,24). The van der Waals surface area contributed by atoms with Crippen LogP contribution in [-0.2, 0) is 0 Å². The number of aryl methyl sites for hydroxylation is 13. The highest BCUT2D eigenvalue weighted by atomic mass is 16.5. The van der Waals surface area contributed by atoms with E-state index in [1.165, 1.54) is 125 Å². The quantitative estimate of drug-likeness (QED) is 0.0493. The van der Waals surface area contributed by atoms with E-state index in [4.69, 9.17) is 47.5 Å². The maximum absolute atomic E-state index is 5.42. The van der Waals surface area contributed by atoms with Gasteiger partial charge in [-0.15, -0.1) is 0 Å². The number of allylic oxidation sites excluding steroid dienone is 2. The summed E-state index contributed by atoms with van der Waals surface area (Å²) in [6.45, 7) is 37.2. The van der Waals surface area contributed by atoms with Crippen molar-refractivity contribution in [1.29, 1.82) is 0 Å². The van der Waals surface area contributed by atoms with Gasteiger partial charge in [0.15, 0.2) is 0 Å². The Morgan fingerprint density at radius 3 is 0.894 bits per heavy atom. The van der Waals surface area contributed by atoms with Gasteiger partial charge in [0, 0.05) is 126 Å². The molecule has 132 heavy (non-hydrogen) atoms. The molecule has 5 fully saturated rings. The van der Waals surface area contributed by atoms with Crippen LogP contribution in [0, 0.1) is 95.9 Å². The Kier molecular flexibility index (Phi) is 21.7. The van der Waals surface area contributed by atoms with Crippen molar-refractivity contribution < 1.29 is 22.6 Å². The summed E-state index contributed by atoms with van der Waals surface area (Å²) in [6, 6.07) is 41.0. The van der Waals surface area contributed by atoms with E-state index in [-0.39, 0.29) is 0 Å². The molecule has 2 aliphatic heterocycles. The summed E-state index contributed by atoms with van der Waals surface area (Å²) >= 11 is 0. The second-order valence-corrected chi connectivity index (χ2v) is 37.5. The van der Waals surface area contributed by atoms with E-state index in [1.807, 2.05) is 87.7 Å². The topological polar surface area (TPSA) is 323 Å². The largest absolute Gasteiger partial charge is 0.361 e. The Labute approximate surface area is 765 Å². The second kappa shape index (κ2) is 33.9. The van der Waals surface area contributed by atoms with Crippen molar-refractivity contribution in [2.45, 2.75) is 206 Å². The molecule has 11 aromatic heterocycles. The predicted molar refractivity (Wildman–Crippen MR) is 524 cm³/mol. The van der Waals surface area contributed by atoms with E-state index in [2.05, 4.69) is 229 Å². The van der Waals surface area contributed by atoms with E-state index < -0.39 is 0 Å². The molecule has 6 N–H and O–H groups in total. The number of aromatic amines is 5. The first kappa shape index (κ1) is 84.5. The van der Waals surface area contributed by atoms with Gasteiger partial charge in [0.2, 0.25) is 5.95 Å². The fourth-order valence-electron chi connectivity index (χ4n) is 19.5. The van der Waals surface area contributed by atoms with E-state index in [1.54, 1.807) is 0 Å². The summed E-state index contributed by atoms with van der Waals surface area (Å²) in [7, 11) is 0. The number of anilines is 1. The molecule has 0 saturated heterocycles. The molecule has 18 aromatic rings. The Bertz CT molecular complexity index is 7220. The van der Waals surface area contributed by atoms with Gasteiger partial charge in [-0.3, -0.25) is 15.0 Å². The van der Waals surface area contributed by atoms with Crippen molar-refractivity contribution in [1.82, 2.24) is 80.6 Å². The van der Waals surface area contributed by atoms with Crippen LogP contribution in [0.3, 0.4) is 0 Å². The van der Waals surface area contributed by atoms with Crippen molar-refractivity contribution in [2.75, 3.05) is 25.0 Å². The maximum atomic E-state index is 5.42. The normalized spacial score (nSPS) is 15.5. The molecule has 25 rings (SSSR count). The summed E-state index contributed by atoms with van der Waals surface area (Å²) in [5.41, 5.74) is 46.1. The van der Waals surface area contributed by atoms with Crippen molar-refractivity contribution in [3.63, 3.8) is 0 Å². The van der Waals surface area contributed by atoms with Crippen LogP contribution >= 0.6 is 0 Å². The predicted octanol–water partition coefficient (Wildman–Crippen LogP) is 26.3. The van der Waals surface area contributed by atoms with Gasteiger partial charge in [-0.2, -0.15) is 0 Å². The lowest BCUT2D eigenvalue weighted by Gasteiger charge is -2.10. The number of rotatable bonds is 17. The molecule has 24 nitrogen and oxygen atoms in total. The number of fused-ring (bicyclic) bond motifs is 5. The molecular formula is C108H109N19O5. The minimum Gasteiger partial charge on any atom is -0.361 e. The number of benzene rings is 7. The fraction of sp³-hybridized carbons (Fsp3) is 0.324. The molecule has 24 heteroatoms. The first-order chi connectivity index (χ1) is 63.9. The van der Waals surface area contributed by atoms with Gasteiger partial charge >= 0.3 is 0 Å². The molecule has 0 unspecified atom stereocenters. The molecule has 13 heterocycles. The van der Waals surface area contributed by atoms with E-state index in [0.717, 1.165) is 257 Å². The van der Waals surface area contributed by atoms with Crippen molar-refractivity contribution in [3.05, 3.63) is 247 Å². The van der Waals surface area contributed by atoms with Crippen molar-refractivity contribution in [3.8, 4) is 89.0 Å². The van der Waals surface area contributed by atoms with E-state index in [9.17, 15) is 0 Å². The molecule has 7 aliphatic rings. The third-order valence-electron chi connectivity index (χ3n) is 27.2. The zero-order chi connectivity index (χ0) is 90.9. The lowest BCUT2D eigenvalue weighted by Crippen LogP contribution is -2.04. The number of nitrogens with zero attached hydrogens (tertiary/aromatic N) is 13. The van der Waals surface area contributed by atoms with Gasteiger partial charge in [-0.25, -0.2) is 24.9 Å². The molecule has 0 bridgehead atoms. The molecule has 0 radical (unpaired) electrons. The van der Waals surface area contributed by atoms with Gasteiger partial charge in [-0.1, -0.05) is 74.3 Å². The van der Waals surface area contributed by atoms with Gasteiger partial charge in [0.05, 0.1) is 96.7 Å². The Morgan fingerprint density at radius 1 is 0.311 bits per heavy atom. The monoisotopic (exact) mass is 1750 g/mol. The van der Waals surface area contributed by atoms with Crippen LogP contribution in [0.4, 0.5) is 5.95 Å². The Balaban J connectivity index is 0.0000000995. The molecule has 666 valence electrons. The van der Waals surface area contributed by atoms with Crippen molar-refractivity contribution in [2.24, 2.45) is 15.9 Å². The van der Waals surface area contributed by atoms with Crippen LogP contribution in [0.5, 0.6) is 0 Å². The Hall–Kier alpha value is -14.3. The summed E-state index contributed by atoms with van der Waals surface area (Å²) in [6.07, 6.45) is 16.2. The van der Waals surface area contributed by atoms with Crippen LogP contribution < -0.4 is 5.32 Å². The second-order valence-electron chi connectivity index (χ2n) is 37.5. The average molecular weight is 1750 g/mol. The third-order valence-corrected chi connectivity index (χ3v) is 27.2. The molecule has 7 aromatic carbocycles. The van der Waals surface area contributed by atoms with Crippen molar-refractivity contribution >= 4 is 83.7 Å². The lowest BCUT2D eigenvalue weighted by molar-refractivity contribution is 0.393. The SMILES string of the molecule is CC1=NCC(C)=C1c1cc(-c2c(C)noc2C)cc2[nH]c(C3CC3)nc12.CC1=NCC(C)=C1c1cc(-c2c(C)noc2C)cc2[nH]c(NCC3CC3)nc12.Cc1ccccc1-c1cc(-c2c(C)noc2C)cc2[nH]c(C3CC3)nc12.Cc1ccccc1-c1cc(-c2c(C)noc2C)cc2[nH]c(C3CC3)nc12.Cc1ccncc1-c1cc(-c2c(C)noc2C)cc2[nH]c(C3CC3)nc12. The molecular weight excluding hydrogens is 1640 g/mol. The van der Waals surface area contributed by atoms with Gasteiger partial charge in [-0.05, 0) is 321 Å². The van der Waals surface area contributed by atoms with Crippen LogP contribution in [0.15, 0.2) is 171 Å². The maximum Gasteiger partial charge on any atom is 0.201 e. The zero-order valence-electron chi connectivity index (χ0n) is 78.1. The first-order valence-electron chi connectivity index (χ1n) is 46.4. The smallest absolute Gasteiger partial charge is 0.201 e. The molecule has 5 saturated carbocycles. The highest BCUT2D eigenvalue weighted by Gasteiger charge is 2.35. The molecule has 0 amide bonds. The number of H-pyrrole nitrogens is 5. The van der Waals surface area contributed by atoms with Gasteiger partial charge < -0.3 is 52.9 Å².